The van der Waals surface area contributed by atoms with Gasteiger partial charge in [0.05, 0.1) is 12.8 Å². The third kappa shape index (κ3) is 4.66. The first-order valence-corrected chi connectivity index (χ1v) is 6.84. The zero-order valence-corrected chi connectivity index (χ0v) is 12.8. The molecule has 6 heteroatoms. The van der Waals surface area contributed by atoms with E-state index in [0.717, 1.165) is 5.56 Å². The first kappa shape index (κ1) is 16.8. The van der Waals surface area contributed by atoms with Gasteiger partial charge in [-0.15, -0.1) is 0 Å². The second kappa shape index (κ2) is 7.52. The lowest BCUT2D eigenvalue weighted by molar-refractivity contribution is -0.140. The summed E-state index contributed by atoms with van der Waals surface area (Å²) in [5, 5.41) is 14.3. The highest BCUT2D eigenvalue weighted by Gasteiger charge is 2.25. The van der Waals surface area contributed by atoms with Crippen LogP contribution in [0.4, 0.5) is 10.5 Å². The van der Waals surface area contributed by atoms with Gasteiger partial charge < -0.3 is 20.5 Å². The van der Waals surface area contributed by atoms with Crippen molar-refractivity contribution in [1.82, 2.24) is 5.32 Å². The molecule has 3 N–H and O–H groups in total. The fourth-order valence-electron chi connectivity index (χ4n) is 1.90. The van der Waals surface area contributed by atoms with Gasteiger partial charge >= 0.3 is 12.0 Å². The number of carbonyl (C=O) groups excluding carboxylic acids is 1. The molecular weight excluding hydrogens is 272 g/mol. The Morgan fingerprint density at radius 3 is 2.57 bits per heavy atom. The molecule has 2 amide bonds. The van der Waals surface area contributed by atoms with E-state index in [1.165, 1.54) is 7.11 Å². The molecule has 0 fully saturated rings. The maximum absolute atomic E-state index is 12.0. The first-order valence-electron chi connectivity index (χ1n) is 6.84. The van der Waals surface area contributed by atoms with E-state index in [4.69, 9.17) is 9.84 Å². The number of rotatable bonds is 6. The molecule has 0 aliphatic rings. The van der Waals surface area contributed by atoms with Crippen LogP contribution in [0, 0.1) is 12.8 Å². The molecule has 0 saturated heterocycles. The van der Waals surface area contributed by atoms with E-state index in [0.29, 0.717) is 17.9 Å². The number of nitrogens with one attached hydrogen (secondary N) is 2. The predicted octanol–water partition coefficient (Wildman–Crippen LogP) is 2.62. The average molecular weight is 294 g/mol. The Morgan fingerprint density at radius 1 is 1.38 bits per heavy atom. The Bertz CT molecular complexity index is 516. The third-order valence-corrected chi connectivity index (χ3v) is 3.37. The summed E-state index contributed by atoms with van der Waals surface area (Å²) in [4.78, 5) is 23.2. The molecule has 0 bridgehead atoms. The quantitative estimate of drug-likeness (QED) is 0.752. The Balaban J connectivity index is 2.81. The van der Waals surface area contributed by atoms with Gasteiger partial charge in [-0.2, -0.15) is 0 Å². The lowest BCUT2D eigenvalue weighted by atomic mass is 9.99. The van der Waals surface area contributed by atoms with E-state index >= 15 is 0 Å². The molecule has 0 heterocycles. The van der Waals surface area contributed by atoms with Gasteiger partial charge in [-0.05, 0) is 30.5 Å². The highest BCUT2D eigenvalue weighted by molar-refractivity contribution is 5.93. The predicted molar refractivity (Wildman–Crippen MR) is 80.8 cm³/mol. The van der Waals surface area contributed by atoms with Crippen LogP contribution in [0.3, 0.4) is 0 Å². The fraction of sp³-hybridized carbons (Fsp3) is 0.467. The number of hydrogen-bond acceptors (Lipinski definition) is 3. The molecule has 6 nitrogen and oxygen atoms in total. The SMILES string of the molecule is CCC(C)[C@H](NC(=O)Nc1cc(C)ccc1OC)C(=O)O. The molecule has 0 aromatic heterocycles. The number of anilines is 1. The molecule has 0 aliphatic heterocycles. The fourth-order valence-corrected chi connectivity index (χ4v) is 1.90. The number of aryl methyl sites for hydroxylation is 1. The third-order valence-electron chi connectivity index (χ3n) is 3.37. The van der Waals surface area contributed by atoms with E-state index < -0.39 is 18.0 Å². The molecular formula is C15H22N2O4. The maximum Gasteiger partial charge on any atom is 0.326 e. The number of methoxy groups -OCH3 is 1. The highest BCUT2D eigenvalue weighted by Crippen LogP contribution is 2.25. The molecule has 116 valence electrons. The lowest BCUT2D eigenvalue weighted by Gasteiger charge is -2.20. The molecule has 0 radical (unpaired) electrons. The zero-order valence-electron chi connectivity index (χ0n) is 12.8. The lowest BCUT2D eigenvalue weighted by Crippen LogP contribution is -2.46. The number of aliphatic carboxylic acids is 1. The largest absolute Gasteiger partial charge is 0.495 e. The number of amides is 2. The van der Waals surface area contributed by atoms with Crippen molar-refractivity contribution in [1.29, 1.82) is 0 Å². The van der Waals surface area contributed by atoms with Crippen LogP contribution in [-0.2, 0) is 4.79 Å². The minimum Gasteiger partial charge on any atom is -0.495 e. The normalized spacial score (nSPS) is 13.1. The molecule has 1 aromatic rings. The molecule has 0 aliphatic carbocycles. The summed E-state index contributed by atoms with van der Waals surface area (Å²) >= 11 is 0. The number of hydrogen-bond donors (Lipinski definition) is 3. The molecule has 1 unspecified atom stereocenters. The van der Waals surface area contributed by atoms with E-state index in [9.17, 15) is 9.59 Å². The van der Waals surface area contributed by atoms with Crippen LogP contribution in [0.1, 0.15) is 25.8 Å². The summed E-state index contributed by atoms with van der Waals surface area (Å²) in [6, 6.07) is 3.88. The van der Waals surface area contributed by atoms with Gasteiger partial charge in [0.25, 0.3) is 0 Å². The van der Waals surface area contributed by atoms with Crippen molar-refractivity contribution in [2.75, 3.05) is 12.4 Å². The van der Waals surface area contributed by atoms with E-state index in [1.807, 2.05) is 19.9 Å². The van der Waals surface area contributed by atoms with Crippen LogP contribution in [0.2, 0.25) is 0 Å². The Labute approximate surface area is 124 Å². The van der Waals surface area contributed by atoms with Gasteiger partial charge in [0.1, 0.15) is 11.8 Å². The summed E-state index contributed by atoms with van der Waals surface area (Å²) < 4.78 is 5.16. The number of carbonyl (C=O) groups is 2. The van der Waals surface area contributed by atoms with E-state index in [-0.39, 0.29) is 5.92 Å². The second-order valence-electron chi connectivity index (χ2n) is 5.00. The summed E-state index contributed by atoms with van der Waals surface area (Å²) in [5.74, 6) is -0.686. The minimum absolute atomic E-state index is 0.160. The molecule has 21 heavy (non-hydrogen) atoms. The van der Waals surface area contributed by atoms with Gasteiger partial charge in [0.15, 0.2) is 0 Å². The number of carboxylic acid groups (broad SMARTS) is 1. The summed E-state index contributed by atoms with van der Waals surface area (Å²) in [5.41, 5.74) is 1.46. The smallest absolute Gasteiger partial charge is 0.326 e. The van der Waals surface area contributed by atoms with Crippen molar-refractivity contribution in [3.05, 3.63) is 23.8 Å². The maximum atomic E-state index is 12.0. The van der Waals surface area contributed by atoms with Crippen molar-refractivity contribution < 1.29 is 19.4 Å². The van der Waals surface area contributed by atoms with Crippen molar-refractivity contribution in [2.24, 2.45) is 5.92 Å². The number of ether oxygens (including phenoxy) is 1. The average Bonchev–Trinajstić information content (AvgIpc) is 2.44. The van der Waals surface area contributed by atoms with Crippen LogP contribution >= 0.6 is 0 Å². The van der Waals surface area contributed by atoms with Gasteiger partial charge in [-0.1, -0.05) is 26.3 Å². The first-order chi connectivity index (χ1) is 9.88. The van der Waals surface area contributed by atoms with Crippen LogP contribution in [0.25, 0.3) is 0 Å². The van der Waals surface area contributed by atoms with Crippen LogP contribution in [0.5, 0.6) is 5.75 Å². The van der Waals surface area contributed by atoms with E-state index in [2.05, 4.69) is 10.6 Å². The minimum atomic E-state index is -1.05. The molecule has 1 rings (SSSR count). The molecule has 1 aromatic carbocycles. The Hall–Kier alpha value is -2.24. The number of carboxylic acids is 1. The van der Waals surface area contributed by atoms with Crippen molar-refractivity contribution >= 4 is 17.7 Å². The number of urea groups is 1. The summed E-state index contributed by atoms with van der Waals surface area (Å²) in [6.45, 7) is 5.55. The summed E-state index contributed by atoms with van der Waals surface area (Å²) in [7, 11) is 1.51. The molecule has 0 spiro atoms. The van der Waals surface area contributed by atoms with E-state index in [1.54, 1.807) is 19.1 Å². The van der Waals surface area contributed by atoms with Crippen LogP contribution in [-0.4, -0.2) is 30.3 Å². The van der Waals surface area contributed by atoms with Crippen LogP contribution in [0.15, 0.2) is 18.2 Å². The van der Waals surface area contributed by atoms with Crippen molar-refractivity contribution in [2.45, 2.75) is 33.2 Å². The van der Waals surface area contributed by atoms with Gasteiger partial charge in [0.2, 0.25) is 0 Å². The molecule has 0 saturated carbocycles. The summed E-state index contributed by atoms with van der Waals surface area (Å²) in [6.07, 6.45) is 0.658. The Kier molecular flexibility index (Phi) is 6.02. The van der Waals surface area contributed by atoms with Gasteiger partial charge in [-0.25, -0.2) is 9.59 Å². The van der Waals surface area contributed by atoms with Crippen molar-refractivity contribution in [3.8, 4) is 5.75 Å². The number of benzene rings is 1. The van der Waals surface area contributed by atoms with Gasteiger partial charge in [0, 0.05) is 0 Å². The Morgan fingerprint density at radius 2 is 2.05 bits per heavy atom. The monoisotopic (exact) mass is 294 g/mol. The topological polar surface area (TPSA) is 87.7 Å². The highest BCUT2D eigenvalue weighted by atomic mass is 16.5. The van der Waals surface area contributed by atoms with Crippen molar-refractivity contribution in [3.63, 3.8) is 0 Å². The van der Waals surface area contributed by atoms with Crippen LogP contribution < -0.4 is 15.4 Å². The standard InChI is InChI=1S/C15H22N2O4/c1-5-10(3)13(14(18)19)17-15(20)16-11-8-9(2)6-7-12(11)21-4/h6-8,10,13H,5H2,1-4H3,(H,18,19)(H2,16,17,20)/t10?,13-/m0/s1. The zero-order chi connectivity index (χ0) is 16.0. The van der Waals surface area contributed by atoms with Gasteiger partial charge in [-0.3, -0.25) is 0 Å². The second-order valence-corrected chi connectivity index (χ2v) is 5.00. The molecule has 2 atom stereocenters.